The summed E-state index contributed by atoms with van der Waals surface area (Å²) >= 11 is 0. The van der Waals surface area contributed by atoms with Crippen LogP contribution in [-0.4, -0.2) is 36.3 Å². The quantitative estimate of drug-likeness (QED) is 0.702. The van der Waals surface area contributed by atoms with Crippen molar-refractivity contribution in [1.82, 2.24) is 9.97 Å². The molecule has 1 atom stereocenters. The number of nitrogens with zero attached hydrogens (tertiary/aromatic N) is 2. The molecule has 1 aromatic rings. The van der Waals surface area contributed by atoms with Crippen LogP contribution < -0.4 is 11.1 Å². The molecule has 1 unspecified atom stereocenters. The number of aromatic nitrogens is 2. The number of anilines is 1. The number of aryl methyl sites for hydroxylation is 1. The van der Waals surface area contributed by atoms with Crippen molar-refractivity contribution in [3.8, 4) is 0 Å². The Kier molecular flexibility index (Phi) is 4.28. The van der Waals surface area contributed by atoms with Gasteiger partial charge in [0.15, 0.2) is 0 Å². The molecular formula is C9H16N4O. The number of ether oxygens (including phenoxy) is 1. The summed E-state index contributed by atoms with van der Waals surface area (Å²) in [4.78, 5) is 8.28. The second-order valence-corrected chi connectivity index (χ2v) is 3.02. The fraction of sp³-hybridized carbons (Fsp3) is 0.556. The average Bonchev–Trinajstić information content (AvgIpc) is 2.20. The number of nitrogens with two attached hydrogens (primary N) is 1. The van der Waals surface area contributed by atoms with E-state index in [-0.39, 0.29) is 6.04 Å². The van der Waals surface area contributed by atoms with Crippen LogP contribution in [0.2, 0.25) is 0 Å². The Morgan fingerprint density at radius 2 is 2.21 bits per heavy atom. The zero-order valence-corrected chi connectivity index (χ0v) is 8.53. The first-order valence-corrected chi connectivity index (χ1v) is 4.51. The first-order valence-electron chi connectivity index (χ1n) is 4.51. The maximum absolute atomic E-state index is 5.57. The lowest BCUT2D eigenvalue weighted by Crippen LogP contribution is -2.33. The summed E-state index contributed by atoms with van der Waals surface area (Å²) in [7, 11) is 1.65. The summed E-state index contributed by atoms with van der Waals surface area (Å²) in [5.41, 5.74) is 6.43. The smallest absolute Gasteiger partial charge is 0.147 e. The lowest BCUT2D eigenvalue weighted by molar-refractivity contribution is 0.187. The van der Waals surface area contributed by atoms with Crippen molar-refractivity contribution in [3.63, 3.8) is 0 Å². The fourth-order valence-corrected chi connectivity index (χ4v) is 1.11. The minimum absolute atomic E-state index is 0.0791. The van der Waals surface area contributed by atoms with Crippen LogP contribution in [0.25, 0.3) is 0 Å². The van der Waals surface area contributed by atoms with Gasteiger partial charge in [-0.3, -0.25) is 4.98 Å². The molecule has 0 radical (unpaired) electrons. The Balaban J connectivity index is 2.62. The molecule has 0 saturated heterocycles. The molecule has 1 heterocycles. The molecule has 1 aromatic heterocycles. The van der Waals surface area contributed by atoms with E-state index < -0.39 is 0 Å². The van der Waals surface area contributed by atoms with Gasteiger partial charge in [-0.1, -0.05) is 0 Å². The second-order valence-electron chi connectivity index (χ2n) is 3.02. The number of rotatable bonds is 5. The van der Waals surface area contributed by atoms with Crippen LogP contribution in [0.3, 0.4) is 0 Å². The molecule has 0 saturated carbocycles. The molecule has 0 aliphatic rings. The van der Waals surface area contributed by atoms with E-state index in [0.29, 0.717) is 13.2 Å². The van der Waals surface area contributed by atoms with Crippen molar-refractivity contribution in [1.29, 1.82) is 0 Å². The molecular weight excluding hydrogens is 180 g/mol. The molecule has 14 heavy (non-hydrogen) atoms. The zero-order chi connectivity index (χ0) is 10.4. The minimum atomic E-state index is 0.0791. The van der Waals surface area contributed by atoms with E-state index in [1.165, 1.54) is 0 Å². The second kappa shape index (κ2) is 5.51. The monoisotopic (exact) mass is 196 g/mol. The topological polar surface area (TPSA) is 73.1 Å². The summed E-state index contributed by atoms with van der Waals surface area (Å²) in [6, 6.07) is 0.0791. The maximum Gasteiger partial charge on any atom is 0.147 e. The molecule has 1 rings (SSSR count). The molecule has 0 aromatic carbocycles. The first kappa shape index (κ1) is 10.9. The van der Waals surface area contributed by atoms with Gasteiger partial charge in [0.2, 0.25) is 0 Å². The summed E-state index contributed by atoms with van der Waals surface area (Å²) in [5.74, 6) is 0.764. The third-order valence-corrected chi connectivity index (χ3v) is 1.87. The number of hydrogen-bond acceptors (Lipinski definition) is 5. The molecule has 5 heteroatoms. The van der Waals surface area contributed by atoms with Crippen molar-refractivity contribution >= 4 is 5.82 Å². The highest BCUT2D eigenvalue weighted by molar-refractivity contribution is 5.39. The average molecular weight is 196 g/mol. The molecule has 3 N–H and O–H groups in total. The van der Waals surface area contributed by atoms with Gasteiger partial charge in [-0.25, -0.2) is 4.98 Å². The summed E-state index contributed by atoms with van der Waals surface area (Å²) < 4.78 is 5.02. The van der Waals surface area contributed by atoms with Gasteiger partial charge in [-0.15, -0.1) is 0 Å². The van der Waals surface area contributed by atoms with Crippen LogP contribution in [0.15, 0.2) is 12.4 Å². The normalized spacial score (nSPS) is 12.5. The molecule has 0 spiro atoms. The lowest BCUT2D eigenvalue weighted by atomic mass is 10.3. The van der Waals surface area contributed by atoms with Gasteiger partial charge >= 0.3 is 0 Å². The molecule has 0 aliphatic carbocycles. The van der Waals surface area contributed by atoms with E-state index in [9.17, 15) is 0 Å². The standard InChI is InChI=1S/C9H16N4O/c1-7-9(12-4-3-11-7)13-8(5-10)6-14-2/h3-4,8H,5-6,10H2,1-2H3,(H,12,13). The van der Waals surface area contributed by atoms with E-state index in [1.54, 1.807) is 19.5 Å². The zero-order valence-electron chi connectivity index (χ0n) is 8.53. The summed E-state index contributed by atoms with van der Waals surface area (Å²) in [6.45, 7) is 2.96. The highest BCUT2D eigenvalue weighted by Gasteiger charge is 2.08. The Morgan fingerprint density at radius 1 is 1.50 bits per heavy atom. The van der Waals surface area contributed by atoms with Crippen molar-refractivity contribution in [2.75, 3.05) is 25.6 Å². The van der Waals surface area contributed by atoms with E-state index in [0.717, 1.165) is 11.5 Å². The highest BCUT2D eigenvalue weighted by atomic mass is 16.5. The number of methoxy groups -OCH3 is 1. The van der Waals surface area contributed by atoms with Crippen LogP contribution >= 0.6 is 0 Å². The number of hydrogen-bond donors (Lipinski definition) is 2. The molecule has 5 nitrogen and oxygen atoms in total. The third kappa shape index (κ3) is 2.93. The van der Waals surface area contributed by atoms with Gasteiger partial charge in [0, 0.05) is 26.0 Å². The predicted molar refractivity (Wildman–Crippen MR) is 55.1 cm³/mol. The Hall–Kier alpha value is -1.20. The van der Waals surface area contributed by atoms with E-state index in [2.05, 4.69) is 15.3 Å². The first-order chi connectivity index (χ1) is 6.77. The highest BCUT2D eigenvalue weighted by Crippen LogP contribution is 2.07. The molecule has 0 aliphatic heterocycles. The SMILES string of the molecule is COCC(CN)Nc1nccnc1C. The van der Waals surface area contributed by atoms with Crippen molar-refractivity contribution < 1.29 is 4.74 Å². The molecule has 0 fully saturated rings. The van der Waals surface area contributed by atoms with Crippen LogP contribution in [0.1, 0.15) is 5.69 Å². The lowest BCUT2D eigenvalue weighted by Gasteiger charge is -2.16. The summed E-state index contributed by atoms with van der Waals surface area (Å²) in [6.07, 6.45) is 3.31. The Labute approximate surface area is 83.7 Å². The Morgan fingerprint density at radius 3 is 2.79 bits per heavy atom. The van der Waals surface area contributed by atoms with Gasteiger partial charge in [-0.05, 0) is 6.92 Å². The van der Waals surface area contributed by atoms with Crippen LogP contribution in [0.4, 0.5) is 5.82 Å². The van der Waals surface area contributed by atoms with Crippen LogP contribution in [-0.2, 0) is 4.74 Å². The van der Waals surface area contributed by atoms with E-state index in [1.807, 2.05) is 6.92 Å². The van der Waals surface area contributed by atoms with Gasteiger partial charge < -0.3 is 15.8 Å². The van der Waals surface area contributed by atoms with Crippen LogP contribution in [0.5, 0.6) is 0 Å². The van der Waals surface area contributed by atoms with Crippen molar-refractivity contribution in [2.45, 2.75) is 13.0 Å². The fourth-order valence-electron chi connectivity index (χ4n) is 1.11. The van der Waals surface area contributed by atoms with Crippen LogP contribution in [0, 0.1) is 6.92 Å². The van der Waals surface area contributed by atoms with Gasteiger partial charge in [0.1, 0.15) is 5.82 Å². The predicted octanol–water partition coefficient (Wildman–Crippen LogP) is 0.171. The molecule has 0 amide bonds. The van der Waals surface area contributed by atoms with E-state index >= 15 is 0 Å². The van der Waals surface area contributed by atoms with Crippen molar-refractivity contribution in [3.05, 3.63) is 18.1 Å². The van der Waals surface area contributed by atoms with Gasteiger partial charge in [-0.2, -0.15) is 0 Å². The number of nitrogens with one attached hydrogen (secondary N) is 1. The van der Waals surface area contributed by atoms with E-state index in [4.69, 9.17) is 10.5 Å². The third-order valence-electron chi connectivity index (χ3n) is 1.87. The van der Waals surface area contributed by atoms with Gasteiger partial charge in [0.25, 0.3) is 0 Å². The largest absolute Gasteiger partial charge is 0.383 e. The molecule has 78 valence electrons. The summed E-state index contributed by atoms with van der Waals surface area (Å²) in [5, 5.41) is 3.17. The molecule has 0 bridgehead atoms. The van der Waals surface area contributed by atoms with Crippen molar-refractivity contribution in [2.24, 2.45) is 5.73 Å². The Bertz CT molecular complexity index is 279. The minimum Gasteiger partial charge on any atom is -0.383 e. The maximum atomic E-state index is 5.57. The van der Waals surface area contributed by atoms with Gasteiger partial charge in [0.05, 0.1) is 18.3 Å².